The van der Waals surface area contributed by atoms with E-state index in [1.807, 2.05) is 66.9 Å². The number of aromatic nitrogens is 6. The fourth-order valence-electron chi connectivity index (χ4n) is 8.06. The van der Waals surface area contributed by atoms with Crippen LogP contribution in [0.4, 0.5) is 40.2 Å². The molecule has 0 aliphatic carbocycles. The number of nitro groups is 1. The number of ether oxygens (including phenoxy) is 3. The van der Waals surface area contributed by atoms with E-state index in [-0.39, 0.29) is 50.0 Å². The van der Waals surface area contributed by atoms with Crippen molar-refractivity contribution in [3.8, 4) is 83.4 Å². The Balaban J connectivity index is 0.000000446. The van der Waals surface area contributed by atoms with Gasteiger partial charge in [0.05, 0.1) is 42.5 Å². The van der Waals surface area contributed by atoms with Gasteiger partial charge in [-0.05, 0) is 143 Å². The van der Waals surface area contributed by atoms with Crippen LogP contribution in [-0.2, 0) is 67.5 Å². The summed E-state index contributed by atoms with van der Waals surface area (Å²) in [6, 6.07) is 25.2. The van der Waals surface area contributed by atoms with Crippen LogP contribution in [0.2, 0.25) is 0 Å². The Labute approximate surface area is 567 Å². The van der Waals surface area contributed by atoms with Crippen molar-refractivity contribution in [2.75, 3.05) is 16.7 Å². The van der Waals surface area contributed by atoms with E-state index in [9.17, 15) is 57.7 Å². The smallest absolute Gasteiger partial charge is 0.422 e. The second-order valence-electron chi connectivity index (χ2n) is 21.9. The van der Waals surface area contributed by atoms with Crippen molar-refractivity contribution in [1.82, 2.24) is 40.0 Å². The Morgan fingerprint density at radius 1 is 0.660 bits per heavy atom. The van der Waals surface area contributed by atoms with Gasteiger partial charge in [0.2, 0.25) is 0 Å². The van der Waals surface area contributed by atoms with E-state index in [0.717, 1.165) is 22.3 Å². The van der Waals surface area contributed by atoms with Gasteiger partial charge in [-0.25, -0.2) is 14.4 Å². The first-order valence-corrected chi connectivity index (χ1v) is 28.6. The summed E-state index contributed by atoms with van der Waals surface area (Å²) in [6.45, 7) is 14.4. The quantitative estimate of drug-likeness (QED) is 0.0180. The highest BCUT2D eigenvalue weighted by atomic mass is 35.5. The molecule has 6 N–H and O–H groups in total. The number of nitrogens with zero attached hydrogens (tertiary/aromatic N) is 9. The molecule has 8 rings (SSSR count). The number of hydrogen-bond donors (Lipinski definition) is 5. The topological polar surface area (TPSA) is 307 Å². The number of halogens is 4. The highest BCUT2D eigenvalue weighted by Gasteiger charge is 2.38. The van der Waals surface area contributed by atoms with E-state index < -0.39 is 89.2 Å². The van der Waals surface area contributed by atoms with Crippen LogP contribution < -0.4 is 26.5 Å². The zero-order valence-corrected chi connectivity index (χ0v) is 54.6. The van der Waals surface area contributed by atoms with Gasteiger partial charge in [0.15, 0.2) is 18.2 Å². The number of hydroxylamine groups is 2. The molecule has 0 saturated heterocycles. The predicted molar refractivity (Wildman–Crippen MR) is 357 cm³/mol. The average Bonchev–Trinajstić information content (AvgIpc) is 1.69. The molecule has 28 heteroatoms. The third kappa shape index (κ3) is 29.6. The number of nitrogens with one attached hydrogen (secondary N) is 2. The number of carbonyl (C=O) groups is 5. The SMILES string of the molecule is C.C#CC#CC#CC#CC.CC#CC#CC#CC.CC(C)(C)OC(=O)N[C@@H](Cc1cn(Cc2ccccc2)nc1[N+](=O)[O-])C(=O)OCC(F)(F)F.CC(C)(C)OC(=O)N[C@H]1Cc2cn(Cc3ccccc3)nc2N(O)C1=O.Cl.N[C@H]1Cc2cn(Cc3ccccc3)nc2N(O)C1=O. The zero-order valence-electron chi connectivity index (χ0n) is 53.8. The number of carbonyl (C=O) groups excluding carboxylic acids is 5. The van der Waals surface area contributed by atoms with Gasteiger partial charge in [-0.1, -0.05) is 116 Å². The second kappa shape index (κ2) is 39.9. The van der Waals surface area contributed by atoms with Gasteiger partial charge in [-0.15, -0.1) is 18.8 Å². The number of alkyl carbamates (subject to hydrolysis) is 2. The van der Waals surface area contributed by atoms with Crippen molar-refractivity contribution in [2.45, 2.75) is 144 Å². The molecule has 0 bridgehead atoms. The number of nitrogens with two attached hydrogens (primary N) is 1. The van der Waals surface area contributed by atoms with Gasteiger partial charge in [0.1, 0.15) is 23.3 Å². The van der Waals surface area contributed by atoms with Crippen LogP contribution in [0.25, 0.3) is 0 Å². The standard InChI is InChI=1S/C20H23F3N4O6.C18H22N4O4.C13H14N4O2.C9H4.C8H6.CH4.ClH/c1-19(2,3)33-18(29)24-15(17(28)32-12-20(21,22)23)9-14-11-26(25-16(14)27(30)31)10-13-7-5-4-6-8-13;1-18(2,3)26-17(24)19-14-9-13-11-21(10-12-7-5-4-6-8-12)20-15(13)22(25)16(14)23;14-11-6-10-8-16(7-9-4-2-1-3-5-9)15-12(10)17(19)13(11)18;1-3-5-7-9-8-6-4-2;1-3-5-7-8-6-4-2;;/h4-8,11,15H,9-10,12H2,1-3H3,(H,24,29);4-8,11,14,25H,9-10H2,1-3H3,(H,19,24);1-5,8,11,19H,6-7,14H2;1H,2H3;1-2H3;1H4;1H/t15-;14-;11-;;;;/m000..../s1. The van der Waals surface area contributed by atoms with E-state index in [2.05, 4.69) is 108 Å². The molecule has 3 aromatic heterocycles. The molecule has 0 spiro atoms. The molecule has 5 heterocycles. The van der Waals surface area contributed by atoms with Crippen LogP contribution in [0.3, 0.4) is 0 Å². The number of alkyl halides is 3. The van der Waals surface area contributed by atoms with Gasteiger partial charge in [0, 0.05) is 42.8 Å². The van der Waals surface area contributed by atoms with E-state index in [1.54, 1.807) is 108 Å². The van der Waals surface area contributed by atoms with Crippen LogP contribution in [-0.4, -0.2) is 117 Å². The predicted octanol–water partition coefficient (Wildman–Crippen LogP) is 8.76. The molecular weight excluding hydrogens is 1280 g/mol. The minimum atomic E-state index is -4.79. The maximum absolute atomic E-state index is 12.5. The van der Waals surface area contributed by atoms with Crippen molar-refractivity contribution in [2.24, 2.45) is 5.73 Å². The summed E-state index contributed by atoms with van der Waals surface area (Å²) < 4.78 is 56.5. The number of terminal acetylenes is 1. The van der Waals surface area contributed by atoms with E-state index in [1.165, 1.54) is 10.9 Å². The largest absolute Gasteiger partial charge is 0.454 e. The minimum Gasteiger partial charge on any atom is -0.454 e. The second-order valence-corrected chi connectivity index (χ2v) is 21.9. The Bertz CT molecular complexity index is 4060. The molecule has 3 atom stereocenters. The molecule has 24 nitrogen and oxygen atoms in total. The fraction of sp³-hybridized carbons (Fsp3) is 0.333. The number of benzene rings is 3. The van der Waals surface area contributed by atoms with Crippen molar-refractivity contribution < 1.29 is 66.7 Å². The van der Waals surface area contributed by atoms with Crippen LogP contribution in [0, 0.1) is 93.5 Å². The van der Waals surface area contributed by atoms with Crippen molar-refractivity contribution in [3.05, 3.63) is 153 Å². The monoisotopic (exact) mass is 1350 g/mol. The lowest BCUT2D eigenvalue weighted by Gasteiger charge is -2.28. The lowest BCUT2D eigenvalue weighted by molar-refractivity contribution is -0.390. The molecule has 97 heavy (non-hydrogen) atoms. The Hall–Kier alpha value is -11.5. The first kappa shape index (κ1) is 81.6. The first-order chi connectivity index (χ1) is 44.9. The number of esters is 1. The highest BCUT2D eigenvalue weighted by molar-refractivity contribution is 5.99. The number of anilines is 2. The maximum atomic E-state index is 12.5. The van der Waals surface area contributed by atoms with Crippen molar-refractivity contribution in [3.63, 3.8) is 0 Å². The molecular formula is C69H74ClF3N12O12. The van der Waals surface area contributed by atoms with Crippen LogP contribution in [0.1, 0.15) is 103 Å². The zero-order chi connectivity index (χ0) is 70.3. The summed E-state index contributed by atoms with van der Waals surface area (Å²) in [5, 5.41) is 49.4. The number of amides is 4. The lowest BCUT2D eigenvalue weighted by Crippen LogP contribution is -2.52. The number of fused-ring (bicyclic) bond motifs is 2. The number of hydrogen-bond acceptors (Lipinski definition) is 16. The molecule has 0 saturated carbocycles. The molecule has 3 aromatic carbocycles. The fourth-order valence-corrected chi connectivity index (χ4v) is 8.06. The molecule has 0 radical (unpaired) electrons. The van der Waals surface area contributed by atoms with Gasteiger partial charge in [0.25, 0.3) is 11.8 Å². The Kier molecular flexibility index (Phi) is 33.6. The van der Waals surface area contributed by atoms with Crippen LogP contribution in [0.5, 0.6) is 0 Å². The van der Waals surface area contributed by atoms with Crippen molar-refractivity contribution in [1.29, 1.82) is 0 Å². The van der Waals surface area contributed by atoms with Crippen LogP contribution >= 0.6 is 12.4 Å². The molecule has 2 aliphatic rings. The normalized spacial score (nSPS) is 13.1. The highest BCUT2D eigenvalue weighted by Crippen LogP contribution is 2.27. The summed E-state index contributed by atoms with van der Waals surface area (Å²) in [7, 11) is 0. The maximum Gasteiger partial charge on any atom is 0.422 e. The van der Waals surface area contributed by atoms with Gasteiger partial charge in [-0.2, -0.15) is 38.2 Å². The molecule has 2 aliphatic heterocycles. The first-order valence-electron chi connectivity index (χ1n) is 28.6. The van der Waals surface area contributed by atoms with Gasteiger partial charge in [-0.3, -0.25) is 29.4 Å². The molecule has 0 unspecified atom stereocenters. The molecule has 6 aromatic rings. The van der Waals surface area contributed by atoms with Crippen molar-refractivity contribution >= 4 is 59.8 Å². The summed E-state index contributed by atoms with van der Waals surface area (Å²) in [5.74, 6) is 29.8. The number of rotatable bonds is 13. The molecule has 0 fully saturated rings. The van der Waals surface area contributed by atoms with E-state index in [4.69, 9.17) is 21.6 Å². The molecule has 4 amide bonds. The average molecular weight is 1360 g/mol. The Morgan fingerprint density at radius 2 is 1.06 bits per heavy atom. The van der Waals surface area contributed by atoms with E-state index in [0.29, 0.717) is 35.2 Å². The summed E-state index contributed by atoms with van der Waals surface area (Å²) >= 11 is 0. The lowest BCUT2D eigenvalue weighted by atomic mass is 10.0. The third-order valence-corrected chi connectivity index (χ3v) is 11.8. The van der Waals surface area contributed by atoms with Crippen LogP contribution in [0.15, 0.2) is 110 Å². The van der Waals surface area contributed by atoms with Gasteiger partial charge >= 0.3 is 30.1 Å². The molecule has 510 valence electrons. The minimum absolute atomic E-state index is 0. The summed E-state index contributed by atoms with van der Waals surface area (Å²) in [5.41, 5.74) is 8.33. The summed E-state index contributed by atoms with van der Waals surface area (Å²) in [6.07, 6.45) is 3.18. The Morgan fingerprint density at radius 3 is 1.47 bits per heavy atom. The van der Waals surface area contributed by atoms with E-state index >= 15 is 0 Å². The van der Waals surface area contributed by atoms with Gasteiger partial charge < -0.3 is 40.7 Å². The summed E-state index contributed by atoms with van der Waals surface area (Å²) in [4.78, 5) is 70.9. The third-order valence-electron chi connectivity index (χ3n) is 11.8.